The highest BCUT2D eigenvalue weighted by Crippen LogP contribution is 2.27. The van der Waals surface area contributed by atoms with Crippen molar-refractivity contribution in [3.63, 3.8) is 0 Å². The number of hydrogen-bond acceptors (Lipinski definition) is 3. The molecule has 0 aliphatic heterocycles. The molecule has 2 rings (SSSR count). The van der Waals surface area contributed by atoms with Crippen LogP contribution in [-0.2, 0) is 5.60 Å². The van der Waals surface area contributed by atoms with Gasteiger partial charge in [0.15, 0.2) is 0 Å². The Bertz CT molecular complexity index is 564. The maximum absolute atomic E-state index is 11.8. The molecule has 0 saturated carbocycles. The Hall–Kier alpha value is -1.78. The van der Waals surface area contributed by atoms with Crippen molar-refractivity contribution in [1.82, 2.24) is 5.32 Å². The van der Waals surface area contributed by atoms with Crippen LogP contribution in [-0.4, -0.2) is 17.6 Å². The standard InChI is InChI=1S/C14H14ClNO3/c1-14(18,11-4-2-3-5-12(11)15)9-16-13(17)10-6-7-19-8-10/h2-8,18H,9H2,1H3,(H,16,17)/t14-/m0/s1. The molecule has 0 aliphatic carbocycles. The Morgan fingerprint density at radius 2 is 2.16 bits per heavy atom. The van der Waals surface area contributed by atoms with Gasteiger partial charge in [-0.25, -0.2) is 0 Å². The van der Waals surface area contributed by atoms with E-state index in [1.165, 1.54) is 12.5 Å². The zero-order valence-corrected chi connectivity index (χ0v) is 11.1. The fourth-order valence-corrected chi connectivity index (χ4v) is 2.08. The van der Waals surface area contributed by atoms with Crippen molar-refractivity contribution in [2.24, 2.45) is 0 Å². The average Bonchev–Trinajstić information content (AvgIpc) is 2.90. The summed E-state index contributed by atoms with van der Waals surface area (Å²) in [6, 6.07) is 8.55. The Labute approximate surface area is 116 Å². The van der Waals surface area contributed by atoms with Gasteiger partial charge in [0.05, 0.1) is 18.4 Å². The van der Waals surface area contributed by atoms with Crippen molar-refractivity contribution in [2.45, 2.75) is 12.5 Å². The minimum atomic E-state index is -1.24. The predicted octanol–water partition coefficient (Wildman–Crippen LogP) is 2.57. The van der Waals surface area contributed by atoms with Crippen LogP contribution in [0.2, 0.25) is 5.02 Å². The fourth-order valence-electron chi connectivity index (χ4n) is 1.74. The van der Waals surface area contributed by atoms with Crippen molar-refractivity contribution < 1.29 is 14.3 Å². The lowest BCUT2D eigenvalue weighted by molar-refractivity contribution is 0.0527. The van der Waals surface area contributed by atoms with Gasteiger partial charge in [0.1, 0.15) is 11.9 Å². The molecule has 100 valence electrons. The molecular formula is C14H14ClNO3. The minimum absolute atomic E-state index is 0.0563. The molecule has 0 fully saturated rings. The first kappa shape index (κ1) is 13.6. The fraction of sp³-hybridized carbons (Fsp3) is 0.214. The van der Waals surface area contributed by atoms with Crippen LogP contribution in [0.5, 0.6) is 0 Å². The second kappa shape index (κ2) is 5.47. The van der Waals surface area contributed by atoms with Gasteiger partial charge in [-0.05, 0) is 19.1 Å². The van der Waals surface area contributed by atoms with Gasteiger partial charge in [-0.15, -0.1) is 0 Å². The Morgan fingerprint density at radius 3 is 2.79 bits per heavy atom. The van der Waals surface area contributed by atoms with Crippen LogP contribution in [0.4, 0.5) is 0 Å². The lowest BCUT2D eigenvalue weighted by Crippen LogP contribution is -2.38. The SMILES string of the molecule is C[C@](O)(CNC(=O)c1ccoc1)c1ccccc1Cl. The van der Waals surface area contributed by atoms with Gasteiger partial charge in [0.2, 0.25) is 0 Å². The summed E-state index contributed by atoms with van der Waals surface area (Å²) in [5, 5.41) is 13.5. The van der Waals surface area contributed by atoms with Crippen molar-refractivity contribution in [1.29, 1.82) is 0 Å². The monoisotopic (exact) mass is 279 g/mol. The van der Waals surface area contributed by atoms with Crippen LogP contribution in [0.3, 0.4) is 0 Å². The molecular weight excluding hydrogens is 266 g/mol. The molecule has 0 bridgehead atoms. The molecule has 2 N–H and O–H groups in total. The van der Waals surface area contributed by atoms with Gasteiger partial charge in [-0.2, -0.15) is 0 Å². The van der Waals surface area contributed by atoms with E-state index in [9.17, 15) is 9.90 Å². The van der Waals surface area contributed by atoms with Gasteiger partial charge in [0, 0.05) is 10.6 Å². The number of hydrogen-bond donors (Lipinski definition) is 2. The summed E-state index contributed by atoms with van der Waals surface area (Å²) >= 11 is 6.04. The summed E-state index contributed by atoms with van der Waals surface area (Å²) in [6.07, 6.45) is 2.76. The number of furan rings is 1. The lowest BCUT2D eigenvalue weighted by Gasteiger charge is -2.25. The van der Waals surface area contributed by atoms with Crippen LogP contribution in [0, 0.1) is 0 Å². The number of carbonyl (C=O) groups excluding carboxylic acids is 1. The quantitative estimate of drug-likeness (QED) is 0.904. The zero-order chi connectivity index (χ0) is 13.9. The number of carbonyl (C=O) groups is 1. The summed E-state index contributed by atoms with van der Waals surface area (Å²) < 4.78 is 4.83. The van der Waals surface area contributed by atoms with E-state index >= 15 is 0 Å². The molecule has 0 aliphatic rings. The summed E-state index contributed by atoms with van der Waals surface area (Å²) in [5.74, 6) is -0.305. The molecule has 19 heavy (non-hydrogen) atoms. The zero-order valence-electron chi connectivity index (χ0n) is 10.4. The number of amides is 1. The van der Waals surface area contributed by atoms with E-state index < -0.39 is 5.60 Å². The smallest absolute Gasteiger partial charge is 0.254 e. The van der Waals surface area contributed by atoms with E-state index in [1.807, 2.05) is 0 Å². The van der Waals surface area contributed by atoms with Crippen molar-refractivity contribution in [3.8, 4) is 0 Å². The summed E-state index contributed by atoms with van der Waals surface area (Å²) in [5.41, 5.74) is -0.253. The summed E-state index contributed by atoms with van der Waals surface area (Å²) in [7, 11) is 0. The van der Waals surface area contributed by atoms with E-state index in [4.69, 9.17) is 16.0 Å². The second-order valence-corrected chi connectivity index (χ2v) is 4.86. The maximum atomic E-state index is 11.8. The number of halogens is 1. The Morgan fingerprint density at radius 1 is 1.42 bits per heavy atom. The van der Waals surface area contributed by atoms with Crippen molar-refractivity contribution in [2.75, 3.05) is 6.54 Å². The van der Waals surface area contributed by atoms with Crippen molar-refractivity contribution >= 4 is 17.5 Å². The third-order valence-corrected chi connectivity index (χ3v) is 3.16. The molecule has 0 spiro atoms. The van der Waals surface area contributed by atoms with Gasteiger partial charge in [0.25, 0.3) is 5.91 Å². The maximum Gasteiger partial charge on any atom is 0.254 e. The lowest BCUT2D eigenvalue weighted by atomic mass is 9.96. The molecule has 1 aromatic carbocycles. The second-order valence-electron chi connectivity index (χ2n) is 4.45. The van der Waals surface area contributed by atoms with E-state index in [1.54, 1.807) is 37.3 Å². The van der Waals surface area contributed by atoms with Gasteiger partial charge >= 0.3 is 0 Å². The Kier molecular flexibility index (Phi) is 3.93. The predicted molar refractivity (Wildman–Crippen MR) is 72.1 cm³/mol. The third-order valence-electron chi connectivity index (χ3n) is 2.83. The van der Waals surface area contributed by atoms with Crippen LogP contribution < -0.4 is 5.32 Å². The summed E-state index contributed by atoms with van der Waals surface area (Å²) in [4.78, 5) is 11.8. The molecule has 2 aromatic rings. The first-order valence-corrected chi connectivity index (χ1v) is 6.16. The number of benzene rings is 1. The number of aliphatic hydroxyl groups is 1. The molecule has 1 amide bonds. The van der Waals surface area contributed by atoms with Gasteiger partial charge in [-0.1, -0.05) is 29.8 Å². The number of rotatable bonds is 4. The third kappa shape index (κ3) is 3.16. The molecule has 0 saturated heterocycles. The highest BCUT2D eigenvalue weighted by molar-refractivity contribution is 6.31. The average molecular weight is 280 g/mol. The van der Waals surface area contributed by atoms with E-state index in [-0.39, 0.29) is 12.5 Å². The first-order valence-electron chi connectivity index (χ1n) is 5.78. The van der Waals surface area contributed by atoms with E-state index in [2.05, 4.69) is 5.32 Å². The largest absolute Gasteiger partial charge is 0.472 e. The molecule has 1 heterocycles. The minimum Gasteiger partial charge on any atom is -0.472 e. The van der Waals surface area contributed by atoms with Gasteiger partial charge < -0.3 is 14.8 Å². The van der Waals surface area contributed by atoms with E-state index in [0.29, 0.717) is 16.1 Å². The molecule has 5 heteroatoms. The van der Waals surface area contributed by atoms with Crippen LogP contribution >= 0.6 is 11.6 Å². The molecule has 0 radical (unpaired) electrons. The normalized spacial score (nSPS) is 13.8. The Balaban J connectivity index is 2.06. The molecule has 1 atom stereocenters. The number of nitrogens with one attached hydrogen (secondary N) is 1. The highest BCUT2D eigenvalue weighted by Gasteiger charge is 2.26. The van der Waals surface area contributed by atoms with Crippen LogP contribution in [0.1, 0.15) is 22.8 Å². The molecule has 4 nitrogen and oxygen atoms in total. The first-order chi connectivity index (χ1) is 9.00. The van der Waals surface area contributed by atoms with Crippen molar-refractivity contribution in [3.05, 3.63) is 59.0 Å². The highest BCUT2D eigenvalue weighted by atomic mass is 35.5. The van der Waals surface area contributed by atoms with Crippen LogP contribution in [0.15, 0.2) is 47.3 Å². The van der Waals surface area contributed by atoms with Gasteiger partial charge in [-0.3, -0.25) is 4.79 Å². The van der Waals surface area contributed by atoms with E-state index in [0.717, 1.165) is 0 Å². The van der Waals surface area contributed by atoms with Crippen LogP contribution in [0.25, 0.3) is 0 Å². The topological polar surface area (TPSA) is 62.5 Å². The summed E-state index contributed by atoms with van der Waals surface area (Å²) in [6.45, 7) is 1.66. The molecule has 0 unspecified atom stereocenters. The molecule has 1 aromatic heterocycles.